The topological polar surface area (TPSA) is 101 Å². The van der Waals surface area contributed by atoms with Gasteiger partial charge in [0.1, 0.15) is 12.4 Å². The molecule has 0 spiro atoms. The number of anilines is 1. The van der Waals surface area contributed by atoms with Gasteiger partial charge in [0, 0.05) is 50.4 Å². The van der Waals surface area contributed by atoms with Gasteiger partial charge in [-0.05, 0) is 39.8 Å². The molecule has 4 aromatic rings. The predicted octanol–water partition coefficient (Wildman–Crippen LogP) is 5.04. The van der Waals surface area contributed by atoms with Crippen LogP contribution in [0, 0.1) is 18.3 Å². The summed E-state index contributed by atoms with van der Waals surface area (Å²) in [7, 11) is 1.68. The minimum absolute atomic E-state index is 0.0421. The first-order valence-corrected chi connectivity index (χ1v) is 12.4. The Morgan fingerprint density at radius 3 is 2.36 bits per heavy atom. The minimum atomic E-state index is -4.68. The predicted molar refractivity (Wildman–Crippen MR) is 135 cm³/mol. The first-order valence-electron chi connectivity index (χ1n) is 12.4. The van der Waals surface area contributed by atoms with Crippen LogP contribution < -0.4 is 4.90 Å². The third-order valence-corrected chi connectivity index (χ3v) is 6.93. The van der Waals surface area contributed by atoms with Crippen molar-refractivity contribution in [2.45, 2.75) is 57.9 Å². The molecule has 39 heavy (non-hydrogen) atoms. The van der Waals surface area contributed by atoms with E-state index in [1.165, 1.54) is 18.6 Å². The van der Waals surface area contributed by atoms with E-state index in [2.05, 4.69) is 31.3 Å². The summed E-state index contributed by atoms with van der Waals surface area (Å²) in [6.07, 6.45) is -1.64. The molecule has 0 atom stereocenters. The van der Waals surface area contributed by atoms with Crippen LogP contribution in [0.5, 0.6) is 0 Å². The summed E-state index contributed by atoms with van der Waals surface area (Å²) >= 11 is 0. The third kappa shape index (κ3) is 4.57. The van der Waals surface area contributed by atoms with Gasteiger partial charge in [-0.2, -0.15) is 23.5 Å². The molecule has 1 aliphatic rings. The van der Waals surface area contributed by atoms with Gasteiger partial charge < -0.3 is 9.47 Å². The molecule has 5 heterocycles. The number of hydrogen-bond donors (Lipinski definition) is 0. The number of nitriles is 1. The van der Waals surface area contributed by atoms with Crippen molar-refractivity contribution in [2.75, 3.05) is 18.0 Å². The Bertz CT molecular complexity index is 1600. The summed E-state index contributed by atoms with van der Waals surface area (Å²) in [5, 5.41) is 21.7. The Morgan fingerprint density at radius 1 is 1.10 bits per heavy atom. The number of aryl methyl sites for hydroxylation is 2. The maximum Gasteiger partial charge on any atom is 0.433 e. The molecule has 0 N–H and O–H groups in total. The van der Waals surface area contributed by atoms with Gasteiger partial charge in [0.15, 0.2) is 22.8 Å². The van der Waals surface area contributed by atoms with E-state index in [-0.39, 0.29) is 42.8 Å². The lowest BCUT2D eigenvalue weighted by Crippen LogP contribution is -2.42. The van der Waals surface area contributed by atoms with E-state index >= 15 is 4.39 Å². The van der Waals surface area contributed by atoms with Crippen LogP contribution in [0.2, 0.25) is 0 Å². The molecule has 0 amide bonds. The van der Waals surface area contributed by atoms with E-state index in [4.69, 9.17) is 0 Å². The van der Waals surface area contributed by atoms with Gasteiger partial charge in [-0.15, -0.1) is 10.2 Å². The van der Waals surface area contributed by atoms with Gasteiger partial charge in [0.05, 0.1) is 27.9 Å². The molecule has 0 bridgehead atoms. The Labute approximate surface area is 222 Å². The van der Waals surface area contributed by atoms with Gasteiger partial charge in [-0.25, -0.2) is 9.37 Å². The number of nitrogens with zero attached hydrogens (tertiary/aromatic N) is 9. The second-order valence-corrected chi connectivity index (χ2v) is 10.9. The fraction of sp³-hybridized carbons (Fsp3) is 0.462. The summed E-state index contributed by atoms with van der Waals surface area (Å²) in [4.78, 5) is 10.7. The normalized spacial score (nSPS) is 16.1. The lowest BCUT2D eigenvalue weighted by atomic mass is 9.91. The maximum atomic E-state index is 15.8. The fourth-order valence-corrected chi connectivity index (χ4v) is 5.13. The van der Waals surface area contributed by atoms with Crippen molar-refractivity contribution in [3.05, 3.63) is 47.4 Å². The Hall–Kier alpha value is -4.08. The van der Waals surface area contributed by atoms with E-state index in [1.54, 1.807) is 45.4 Å². The summed E-state index contributed by atoms with van der Waals surface area (Å²) in [6, 6.07) is 5.16. The second kappa shape index (κ2) is 9.00. The molecule has 13 heteroatoms. The van der Waals surface area contributed by atoms with E-state index in [0.29, 0.717) is 28.2 Å². The molecule has 5 rings (SSSR count). The zero-order valence-corrected chi connectivity index (χ0v) is 22.2. The van der Waals surface area contributed by atoms with E-state index in [0.717, 1.165) is 4.68 Å². The van der Waals surface area contributed by atoms with Crippen LogP contribution in [-0.2, 0) is 24.4 Å². The van der Waals surface area contributed by atoms with Gasteiger partial charge in [0.25, 0.3) is 0 Å². The Balaban J connectivity index is 1.63. The maximum absolute atomic E-state index is 15.8. The zero-order valence-electron chi connectivity index (χ0n) is 22.2. The summed E-state index contributed by atoms with van der Waals surface area (Å²) in [6.45, 7) is 7.09. The number of halogens is 4. The van der Waals surface area contributed by atoms with Crippen molar-refractivity contribution in [3.8, 4) is 17.3 Å². The largest absolute Gasteiger partial charge is 0.433 e. The van der Waals surface area contributed by atoms with Crippen molar-refractivity contribution in [1.82, 2.24) is 34.5 Å². The number of pyridine rings is 2. The van der Waals surface area contributed by atoms with Crippen LogP contribution in [0.15, 0.2) is 24.7 Å². The monoisotopic (exact) mass is 541 g/mol. The molecule has 4 aromatic heterocycles. The molecule has 9 nitrogen and oxygen atoms in total. The van der Waals surface area contributed by atoms with Crippen molar-refractivity contribution >= 4 is 16.7 Å². The van der Waals surface area contributed by atoms with E-state index in [1.807, 2.05) is 4.90 Å². The van der Waals surface area contributed by atoms with E-state index in [9.17, 15) is 18.4 Å². The molecule has 0 aromatic carbocycles. The van der Waals surface area contributed by atoms with Crippen molar-refractivity contribution in [3.63, 3.8) is 0 Å². The zero-order chi connectivity index (χ0) is 28.3. The number of rotatable bonds is 3. The average molecular weight is 542 g/mol. The fourth-order valence-electron chi connectivity index (χ4n) is 5.13. The lowest BCUT2D eigenvalue weighted by Gasteiger charge is -2.37. The lowest BCUT2D eigenvalue weighted by molar-refractivity contribution is -0.144. The SMILES string of the molecule is Cc1cc(C#N)c(N2CCC(F)(c3nncn3C)CC2)c(-c2cnc3nn(C(C)(C)C)c(C(F)(F)F)c3c2)n1. The number of piperidine rings is 1. The van der Waals surface area contributed by atoms with Crippen LogP contribution in [-0.4, -0.2) is 47.6 Å². The van der Waals surface area contributed by atoms with Gasteiger partial charge in [-0.1, -0.05) is 0 Å². The van der Waals surface area contributed by atoms with Crippen LogP contribution >= 0.6 is 0 Å². The van der Waals surface area contributed by atoms with Crippen LogP contribution in [0.25, 0.3) is 22.3 Å². The smallest absolute Gasteiger partial charge is 0.368 e. The van der Waals surface area contributed by atoms with Crippen molar-refractivity contribution in [2.24, 2.45) is 7.05 Å². The van der Waals surface area contributed by atoms with Crippen molar-refractivity contribution < 1.29 is 17.6 Å². The number of aromatic nitrogens is 7. The number of alkyl halides is 4. The average Bonchev–Trinajstić information content (AvgIpc) is 3.47. The highest BCUT2D eigenvalue weighted by atomic mass is 19.4. The summed E-state index contributed by atoms with van der Waals surface area (Å²) in [5.74, 6) is 0.232. The van der Waals surface area contributed by atoms with Crippen LogP contribution in [0.3, 0.4) is 0 Å². The Morgan fingerprint density at radius 2 is 1.79 bits per heavy atom. The molecule has 1 aliphatic heterocycles. The molecular formula is C26H27F4N9. The minimum Gasteiger partial charge on any atom is -0.368 e. The molecule has 0 radical (unpaired) electrons. The number of hydrogen-bond acceptors (Lipinski definition) is 7. The quantitative estimate of drug-likeness (QED) is 0.335. The van der Waals surface area contributed by atoms with Gasteiger partial charge >= 0.3 is 6.18 Å². The molecule has 0 aliphatic carbocycles. The summed E-state index contributed by atoms with van der Waals surface area (Å²) in [5.41, 5.74) is -1.73. The third-order valence-electron chi connectivity index (χ3n) is 6.93. The standard InChI is InChI=1S/C26H27F4N9/c1-15-10-16(12-31)20(38-8-6-25(27,7-9-38)23-35-33-14-37(23)5)19(34-15)17-11-18-21(26(28,29)30)39(24(2,3)4)36-22(18)32-13-17/h10-11,13-14H,6-9H2,1-5H3. The molecular weight excluding hydrogens is 514 g/mol. The highest BCUT2D eigenvalue weighted by molar-refractivity contribution is 5.87. The van der Waals surface area contributed by atoms with E-state index < -0.39 is 23.1 Å². The first kappa shape index (κ1) is 26.5. The molecule has 0 unspecified atom stereocenters. The first-order chi connectivity index (χ1) is 18.2. The van der Waals surface area contributed by atoms with Crippen LogP contribution in [0.4, 0.5) is 23.2 Å². The Kier molecular flexibility index (Phi) is 6.12. The number of fused-ring (bicyclic) bond motifs is 1. The highest BCUT2D eigenvalue weighted by Gasteiger charge is 2.42. The molecule has 0 saturated carbocycles. The summed E-state index contributed by atoms with van der Waals surface area (Å²) < 4.78 is 61.1. The van der Waals surface area contributed by atoms with Crippen LogP contribution in [0.1, 0.15) is 56.4 Å². The van der Waals surface area contributed by atoms with Gasteiger partial charge in [0.2, 0.25) is 0 Å². The van der Waals surface area contributed by atoms with Gasteiger partial charge in [-0.3, -0.25) is 9.67 Å². The second-order valence-electron chi connectivity index (χ2n) is 10.9. The molecule has 1 saturated heterocycles. The molecule has 204 valence electrons. The highest BCUT2D eigenvalue weighted by Crippen LogP contribution is 2.42. The molecule has 1 fully saturated rings. The van der Waals surface area contributed by atoms with Crippen molar-refractivity contribution in [1.29, 1.82) is 5.26 Å².